The van der Waals surface area contributed by atoms with Crippen molar-refractivity contribution in [2.75, 3.05) is 18.0 Å². The molecule has 2 nitrogen and oxygen atoms in total. The Morgan fingerprint density at radius 1 is 1.00 bits per heavy atom. The molecule has 122 valence electrons. The highest BCUT2D eigenvalue weighted by Crippen LogP contribution is 2.30. The number of rotatable bonds is 3. The van der Waals surface area contributed by atoms with Gasteiger partial charge in [0.25, 0.3) is 0 Å². The zero-order valence-electron chi connectivity index (χ0n) is 13.9. The molecule has 1 aliphatic heterocycles. The Bertz CT molecular complexity index is 634. The predicted octanol–water partition coefficient (Wildman–Crippen LogP) is 4.27. The summed E-state index contributed by atoms with van der Waals surface area (Å²) in [6.45, 7) is 6.18. The molecule has 2 N–H and O–H groups in total. The van der Waals surface area contributed by atoms with Gasteiger partial charge < -0.3 is 10.6 Å². The van der Waals surface area contributed by atoms with Crippen LogP contribution >= 0.6 is 0 Å². The lowest BCUT2D eigenvalue weighted by Crippen LogP contribution is -2.46. The van der Waals surface area contributed by atoms with Crippen LogP contribution in [0.3, 0.4) is 0 Å². The second kappa shape index (κ2) is 6.71. The van der Waals surface area contributed by atoms with E-state index in [2.05, 4.69) is 43.0 Å². The van der Waals surface area contributed by atoms with Crippen LogP contribution in [-0.2, 0) is 0 Å². The van der Waals surface area contributed by atoms with E-state index in [9.17, 15) is 4.39 Å². The van der Waals surface area contributed by atoms with Crippen molar-refractivity contribution < 1.29 is 4.39 Å². The lowest BCUT2D eigenvalue weighted by molar-refractivity contribution is 0.453. The van der Waals surface area contributed by atoms with Crippen molar-refractivity contribution in [3.8, 4) is 0 Å². The van der Waals surface area contributed by atoms with Gasteiger partial charge in [0.2, 0.25) is 0 Å². The van der Waals surface area contributed by atoms with E-state index in [1.54, 1.807) is 0 Å². The Hall–Kier alpha value is -1.87. The highest BCUT2D eigenvalue weighted by Gasteiger charge is 2.26. The van der Waals surface area contributed by atoms with Gasteiger partial charge in [-0.15, -0.1) is 0 Å². The van der Waals surface area contributed by atoms with E-state index in [4.69, 9.17) is 5.73 Å². The van der Waals surface area contributed by atoms with E-state index in [-0.39, 0.29) is 11.9 Å². The minimum Gasteiger partial charge on any atom is -0.369 e. The Balaban J connectivity index is 1.78. The summed E-state index contributed by atoms with van der Waals surface area (Å²) in [5.74, 6) is 0.772. The van der Waals surface area contributed by atoms with Crippen molar-refractivity contribution in [1.82, 2.24) is 0 Å². The summed E-state index contributed by atoms with van der Waals surface area (Å²) in [5, 5.41) is 0. The van der Waals surface area contributed by atoms with Crippen LogP contribution in [0, 0.1) is 5.82 Å². The lowest BCUT2D eigenvalue weighted by Gasteiger charge is -2.38. The summed E-state index contributed by atoms with van der Waals surface area (Å²) in [4.78, 5) is 2.27. The van der Waals surface area contributed by atoms with Gasteiger partial charge in [0.05, 0.1) is 0 Å². The van der Waals surface area contributed by atoms with Crippen LogP contribution in [0.1, 0.15) is 43.2 Å². The van der Waals surface area contributed by atoms with Crippen LogP contribution in [0.15, 0.2) is 48.5 Å². The van der Waals surface area contributed by atoms with Gasteiger partial charge in [-0.25, -0.2) is 4.39 Å². The average molecular weight is 312 g/mol. The average Bonchev–Trinajstić information content (AvgIpc) is 2.55. The molecule has 1 saturated heterocycles. The summed E-state index contributed by atoms with van der Waals surface area (Å²) in [5.41, 5.74) is 10.0. The summed E-state index contributed by atoms with van der Waals surface area (Å²) >= 11 is 0. The van der Waals surface area contributed by atoms with E-state index >= 15 is 0 Å². The first kappa shape index (κ1) is 16.0. The summed E-state index contributed by atoms with van der Waals surface area (Å²) < 4.78 is 13.1. The molecule has 0 aromatic heterocycles. The third kappa shape index (κ3) is 3.73. The number of halogens is 1. The van der Waals surface area contributed by atoms with Crippen molar-refractivity contribution in [3.05, 3.63) is 65.5 Å². The number of benzene rings is 2. The number of nitrogens with zero attached hydrogens (tertiary/aromatic N) is 1. The first-order chi connectivity index (χ1) is 11.0. The molecule has 0 bridgehead atoms. The van der Waals surface area contributed by atoms with E-state index < -0.39 is 0 Å². The predicted molar refractivity (Wildman–Crippen MR) is 94.5 cm³/mol. The highest BCUT2D eigenvalue weighted by atomic mass is 19.1. The summed E-state index contributed by atoms with van der Waals surface area (Å²) in [6, 6.07) is 15.8. The van der Waals surface area contributed by atoms with Crippen molar-refractivity contribution in [1.29, 1.82) is 0 Å². The zero-order valence-corrected chi connectivity index (χ0v) is 13.9. The Labute approximate surface area is 138 Å². The van der Waals surface area contributed by atoms with Crippen LogP contribution in [-0.4, -0.2) is 19.1 Å². The molecule has 2 aromatic carbocycles. The third-order valence-electron chi connectivity index (χ3n) is 4.75. The fourth-order valence-corrected chi connectivity index (χ4v) is 3.40. The molecular formula is C20H25FN2. The molecule has 3 rings (SSSR count). The van der Waals surface area contributed by atoms with Crippen molar-refractivity contribution in [2.45, 2.75) is 38.1 Å². The lowest BCUT2D eigenvalue weighted by atomic mass is 9.87. The molecule has 0 saturated carbocycles. The van der Waals surface area contributed by atoms with E-state index in [0.717, 1.165) is 25.2 Å². The van der Waals surface area contributed by atoms with Gasteiger partial charge in [-0.1, -0.05) is 38.1 Å². The Morgan fingerprint density at radius 2 is 1.65 bits per heavy atom. The molecule has 0 aliphatic carbocycles. The number of hydrogen-bond acceptors (Lipinski definition) is 2. The van der Waals surface area contributed by atoms with Gasteiger partial charge >= 0.3 is 0 Å². The van der Waals surface area contributed by atoms with Crippen LogP contribution in [0.4, 0.5) is 10.1 Å². The fourth-order valence-electron chi connectivity index (χ4n) is 3.40. The number of piperidine rings is 1. The fraction of sp³-hybridized carbons (Fsp3) is 0.400. The summed E-state index contributed by atoms with van der Waals surface area (Å²) in [7, 11) is 0. The zero-order chi connectivity index (χ0) is 16.4. The van der Waals surface area contributed by atoms with Crippen molar-refractivity contribution in [3.63, 3.8) is 0 Å². The molecule has 3 heteroatoms. The standard InChI is InChI=1S/C20H25FN2/c1-14(2)15-3-5-16(6-4-15)17-11-19(22)13-23(12-17)20-9-7-18(21)8-10-20/h3-10,14,17,19H,11-13,22H2,1-2H3. The maximum Gasteiger partial charge on any atom is 0.123 e. The minimum absolute atomic E-state index is 0.142. The molecule has 1 fully saturated rings. The monoisotopic (exact) mass is 312 g/mol. The molecule has 0 spiro atoms. The first-order valence-electron chi connectivity index (χ1n) is 8.39. The molecule has 1 aliphatic rings. The first-order valence-corrected chi connectivity index (χ1v) is 8.39. The maximum atomic E-state index is 13.1. The molecule has 23 heavy (non-hydrogen) atoms. The maximum absolute atomic E-state index is 13.1. The quantitative estimate of drug-likeness (QED) is 0.917. The summed E-state index contributed by atoms with van der Waals surface area (Å²) in [6.07, 6.45) is 0.999. The molecule has 0 radical (unpaired) electrons. The highest BCUT2D eigenvalue weighted by molar-refractivity contribution is 5.48. The van der Waals surface area contributed by atoms with E-state index in [1.807, 2.05) is 12.1 Å². The van der Waals surface area contributed by atoms with Crippen molar-refractivity contribution >= 4 is 5.69 Å². The smallest absolute Gasteiger partial charge is 0.123 e. The van der Waals surface area contributed by atoms with Crippen LogP contribution < -0.4 is 10.6 Å². The second-order valence-corrected chi connectivity index (χ2v) is 6.90. The van der Waals surface area contributed by atoms with Gasteiger partial charge in [0, 0.05) is 30.7 Å². The minimum atomic E-state index is -0.198. The number of anilines is 1. The van der Waals surface area contributed by atoms with Gasteiger partial charge in [-0.3, -0.25) is 0 Å². The largest absolute Gasteiger partial charge is 0.369 e. The number of hydrogen-bond donors (Lipinski definition) is 1. The van der Waals surface area contributed by atoms with E-state index in [0.29, 0.717) is 11.8 Å². The van der Waals surface area contributed by atoms with Crippen LogP contribution in [0.2, 0.25) is 0 Å². The third-order valence-corrected chi connectivity index (χ3v) is 4.75. The molecular weight excluding hydrogens is 287 g/mol. The van der Waals surface area contributed by atoms with Crippen LogP contribution in [0.5, 0.6) is 0 Å². The topological polar surface area (TPSA) is 29.3 Å². The molecule has 2 aromatic rings. The molecule has 2 atom stereocenters. The van der Waals surface area contributed by atoms with Crippen LogP contribution in [0.25, 0.3) is 0 Å². The number of nitrogens with two attached hydrogens (primary N) is 1. The molecule has 2 unspecified atom stereocenters. The van der Waals surface area contributed by atoms with Crippen molar-refractivity contribution in [2.24, 2.45) is 5.73 Å². The SMILES string of the molecule is CC(C)c1ccc(C2CC(N)CN(c3ccc(F)cc3)C2)cc1. The molecule has 0 amide bonds. The van der Waals surface area contributed by atoms with Gasteiger partial charge in [0.1, 0.15) is 5.82 Å². The van der Waals surface area contributed by atoms with Gasteiger partial charge in [-0.2, -0.15) is 0 Å². The normalized spacial score (nSPS) is 21.7. The second-order valence-electron chi connectivity index (χ2n) is 6.90. The van der Waals surface area contributed by atoms with Gasteiger partial charge in [-0.05, 0) is 47.7 Å². The Morgan fingerprint density at radius 3 is 2.26 bits per heavy atom. The Kier molecular flexibility index (Phi) is 4.67. The van der Waals surface area contributed by atoms with Gasteiger partial charge in [0.15, 0.2) is 0 Å². The van der Waals surface area contributed by atoms with E-state index in [1.165, 1.54) is 23.3 Å². The molecule has 1 heterocycles.